The van der Waals surface area contributed by atoms with Gasteiger partial charge in [0.25, 0.3) is 5.91 Å². The number of hydrogen-bond acceptors (Lipinski definition) is 4. The summed E-state index contributed by atoms with van der Waals surface area (Å²) in [5.41, 5.74) is 0.914. The molecule has 1 heterocycles. The van der Waals surface area contributed by atoms with Crippen molar-refractivity contribution in [3.05, 3.63) is 29.8 Å². The number of carbonyl (C=O) groups excluding carboxylic acids is 2. The van der Waals surface area contributed by atoms with Gasteiger partial charge in [0.05, 0.1) is 6.04 Å². The Labute approximate surface area is 156 Å². The van der Waals surface area contributed by atoms with Gasteiger partial charge in [-0.15, -0.1) is 0 Å². The molecular formula is C20H31N3O3. The monoisotopic (exact) mass is 361 g/mol. The Balaban J connectivity index is 2.06. The highest BCUT2D eigenvalue weighted by atomic mass is 16.5. The van der Waals surface area contributed by atoms with E-state index in [9.17, 15) is 9.59 Å². The molecule has 0 saturated carbocycles. The lowest BCUT2D eigenvalue weighted by Gasteiger charge is -2.29. The average molecular weight is 361 g/mol. The molecule has 2 amide bonds. The summed E-state index contributed by atoms with van der Waals surface area (Å²) in [4.78, 5) is 26.0. The van der Waals surface area contributed by atoms with Gasteiger partial charge in [-0.25, -0.2) is 0 Å². The average Bonchev–Trinajstić information content (AvgIpc) is 2.64. The van der Waals surface area contributed by atoms with Crippen LogP contribution in [0, 0.1) is 5.92 Å². The van der Waals surface area contributed by atoms with E-state index in [1.807, 2.05) is 31.2 Å². The highest BCUT2D eigenvalue weighted by molar-refractivity contribution is 5.79. The van der Waals surface area contributed by atoms with Crippen molar-refractivity contribution in [3.8, 4) is 5.75 Å². The zero-order valence-corrected chi connectivity index (χ0v) is 16.2. The summed E-state index contributed by atoms with van der Waals surface area (Å²) in [5, 5.41) is 6.56. The Morgan fingerprint density at radius 3 is 2.73 bits per heavy atom. The molecule has 1 aliphatic rings. The summed E-state index contributed by atoms with van der Waals surface area (Å²) >= 11 is 0. The van der Waals surface area contributed by atoms with E-state index in [0.717, 1.165) is 31.4 Å². The summed E-state index contributed by atoms with van der Waals surface area (Å²) in [7, 11) is 3.40. The van der Waals surface area contributed by atoms with Gasteiger partial charge in [-0.1, -0.05) is 25.1 Å². The van der Waals surface area contributed by atoms with E-state index in [0.29, 0.717) is 11.8 Å². The Kier molecular flexibility index (Phi) is 7.45. The lowest BCUT2D eigenvalue weighted by atomic mass is 9.91. The van der Waals surface area contributed by atoms with Crippen molar-refractivity contribution in [1.29, 1.82) is 0 Å². The number of amides is 2. The van der Waals surface area contributed by atoms with Crippen molar-refractivity contribution < 1.29 is 14.3 Å². The van der Waals surface area contributed by atoms with E-state index in [1.165, 1.54) is 4.90 Å². The minimum Gasteiger partial charge on any atom is -0.483 e. The molecule has 144 valence electrons. The Hall–Kier alpha value is -2.08. The number of likely N-dealkylation sites (N-methyl/N-ethyl adjacent to an activating group) is 1. The first-order chi connectivity index (χ1) is 12.4. The number of nitrogens with zero attached hydrogens (tertiary/aromatic N) is 1. The van der Waals surface area contributed by atoms with Gasteiger partial charge in [0.15, 0.2) is 6.61 Å². The van der Waals surface area contributed by atoms with Crippen LogP contribution in [0.5, 0.6) is 5.75 Å². The number of piperidine rings is 1. The molecule has 0 aliphatic carbocycles. The molecule has 6 heteroatoms. The van der Waals surface area contributed by atoms with E-state index in [1.54, 1.807) is 14.1 Å². The Morgan fingerprint density at radius 1 is 1.35 bits per heavy atom. The van der Waals surface area contributed by atoms with Crippen LogP contribution in [0.2, 0.25) is 0 Å². The van der Waals surface area contributed by atoms with Crippen LogP contribution < -0.4 is 15.4 Å². The van der Waals surface area contributed by atoms with E-state index in [4.69, 9.17) is 4.74 Å². The summed E-state index contributed by atoms with van der Waals surface area (Å²) in [6.45, 7) is 5.02. The van der Waals surface area contributed by atoms with Crippen molar-refractivity contribution in [2.24, 2.45) is 5.92 Å². The topological polar surface area (TPSA) is 70.7 Å². The first-order valence-corrected chi connectivity index (χ1v) is 9.38. The van der Waals surface area contributed by atoms with Crippen molar-refractivity contribution in [3.63, 3.8) is 0 Å². The number of rotatable bonds is 7. The number of nitrogens with one attached hydrogen (secondary N) is 2. The van der Waals surface area contributed by atoms with Crippen molar-refractivity contribution in [2.45, 2.75) is 45.2 Å². The van der Waals surface area contributed by atoms with Crippen molar-refractivity contribution in [2.75, 3.05) is 27.2 Å². The summed E-state index contributed by atoms with van der Waals surface area (Å²) in [6, 6.07) is 7.85. The van der Waals surface area contributed by atoms with Gasteiger partial charge in [0, 0.05) is 31.6 Å². The molecule has 2 N–H and O–H groups in total. The number of hydrogen-bond donors (Lipinski definition) is 2. The molecule has 2 rings (SSSR count). The second-order valence-corrected chi connectivity index (χ2v) is 7.16. The molecule has 1 fully saturated rings. The zero-order valence-electron chi connectivity index (χ0n) is 16.2. The van der Waals surface area contributed by atoms with E-state index >= 15 is 0 Å². The minimum atomic E-state index is -0.127. The molecule has 3 atom stereocenters. The van der Waals surface area contributed by atoms with Gasteiger partial charge < -0.3 is 20.3 Å². The fraction of sp³-hybridized carbons (Fsp3) is 0.600. The predicted molar refractivity (Wildman–Crippen MR) is 102 cm³/mol. The molecule has 0 bridgehead atoms. The quantitative estimate of drug-likeness (QED) is 0.780. The Morgan fingerprint density at radius 2 is 2.08 bits per heavy atom. The van der Waals surface area contributed by atoms with Crippen molar-refractivity contribution in [1.82, 2.24) is 15.5 Å². The summed E-state index contributed by atoms with van der Waals surface area (Å²) in [6.07, 6.45) is 2.48. The normalized spacial score (nSPS) is 20.9. The largest absolute Gasteiger partial charge is 0.483 e. The van der Waals surface area contributed by atoms with Crippen LogP contribution in [0.1, 0.15) is 44.7 Å². The standard InChI is InChI=1S/C20H31N3O3/c1-5-17(22-20(25)15-10-11-21-14(2)12-15)16-8-6-7-9-18(16)26-13-19(24)23(3)4/h6-9,14-15,17,21H,5,10-13H2,1-4H3,(H,22,25)/t14-,15-,17?/m0/s1. The number of para-hydroxylation sites is 1. The van der Waals surface area contributed by atoms with Gasteiger partial charge in [0.2, 0.25) is 5.91 Å². The fourth-order valence-corrected chi connectivity index (χ4v) is 3.23. The molecule has 1 aromatic rings. The predicted octanol–water partition coefficient (Wildman–Crippen LogP) is 2.11. The third-order valence-electron chi connectivity index (χ3n) is 4.86. The van der Waals surface area contributed by atoms with E-state index in [2.05, 4.69) is 17.6 Å². The van der Waals surface area contributed by atoms with Gasteiger partial charge >= 0.3 is 0 Å². The molecule has 6 nitrogen and oxygen atoms in total. The maximum Gasteiger partial charge on any atom is 0.259 e. The SMILES string of the molecule is CCC(NC(=O)[C@H]1CCN[C@@H](C)C1)c1ccccc1OCC(=O)N(C)C. The van der Waals surface area contributed by atoms with Crippen LogP contribution >= 0.6 is 0 Å². The fourth-order valence-electron chi connectivity index (χ4n) is 3.23. The number of carbonyl (C=O) groups is 2. The van der Waals surface area contributed by atoms with E-state index < -0.39 is 0 Å². The summed E-state index contributed by atoms with van der Waals surface area (Å²) < 4.78 is 5.73. The second kappa shape index (κ2) is 9.57. The molecule has 0 spiro atoms. The number of benzene rings is 1. The van der Waals surface area contributed by atoms with Gasteiger partial charge in [-0.2, -0.15) is 0 Å². The molecular weight excluding hydrogens is 330 g/mol. The van der Waals surface area contributed by atoms with Gasteiger partial charge in [-0.3, -0.25) is 9.59 Å². The molecule has 26 heavy (non-hydrogen) atoms. The lowest BCUT2D eigenvalue weighted by molar-refractivity contribution is -0.131. The lowest BCUT2D eigenvalue weighted by Crippen LogP contribution is -2.43. The smallest absolute Gasteiger partial charge is 0.259 e. The highest BCUT2D eigenvalue weighted by Gasteiger charge is 2.27. The number of ether oxygens (including phenoxy) is 1. The highest BCUT2D eigenvalue weighted by Crippen LogP contribution is 2.28. The molecule has 1 aromatic carbocycles. The Bertz CT molecular complexity index is 618. The third-order valence-corrected chi connectivity index (χ3v) is 4.86. The molecule has 1 aliphatic heterocycles. The van der Waals surface area contributed by atoms with Crippen molar-refractivity contribution >= 4 is 11.8 Å². The van der Waals surface area contributed by atoms with E-state index in [-0.39, 0.29) is 30.4 Å². The van der Waals surface area contributed by atoms with Crippen LogP contribution in [-0.2, 0) is 9.59 Å². The minimum absolute atomic E-state index is 0.0137. The van der Waals surface area contributed by atoms with Crippen LogP contribution in [0.4, 0.5) is 0 Å². The third kappa shape index (κ3) is 5.46. The first-order valence-electron chi connectivity index (χ1n) is 9.38. The maximum absolute atomic E-state index is 12.7. The molecule has 0 radical (unpaired) electrons. The van der Waals surface area contributed by atoms with Crippen LogP contribution in [0.15, 0.2) is 24.3 Å². The van der Waals surface area contributed by atoms with Crippen LogP contribution in [0.3, 0.4) is 0 Å². The maximum atomic E-state index is 12.7. The molecule has 1 saturated heterocycles. The zero-order chi connectivity index (χ0) is 19.1. The van der Waals surface area contributed by atoms with Crippen LogP contribution in [-0.4, -0.2) is 50.0 Å². The molecule has 1 unspecified atom stereocenters. The molecule has 0 aromatic heterocycles. The van der Waals surface area contributed by atoms with Gasteiger partial charge in [0.1, 0.15) is 5.75 Å². The van der Waals surface area contributed by atoms with Gasteiger partial charge in [-0.05, 0) is 38.8 Å². The van der Waals surface area contributed by atoms with Crippen LogP contribution in [0.25, 0.3) is 0 Å². The summed E-state index contributed by atoms with van der Waals surface area (Å²) in [5.74, 6) is 0.696. The second-order valence-electron chi connectivity index (χ2n) is 7.16. The first kappa shape index (κ1) is 20.2.